The standard InChI is InChI=1S/C19H27N3O3/c1-2-10-22-15-9-11-21(12-13(15)7-8-17(22)23)19(24)18-14-5-3-4-6-16(14)25-20-18/h13,15H,2-12H2,1H3/t13-,15+/m0/s1. The fourth-order valence-electron chi connectivity index (χ4n) is 4.77. The third-order valence-corrected chi connectivity index (χ3v) is 6.05. The van der Waals surface area contributed by atoms with Crippen LogP contribution in [0.15, 0.2) is 4.52 Å². The van der Waals surface area contributed by atoms with Crippen LogP contribution in [0.25, 0.3) is 0 Å². The SMILES string of the molecule is CCCN1C(=O)CC[C@H]2CN(C(=O)c3noc4c3CCCC4)CC[C@H]21. The quantitative estimate of drug-likeness (QED) is 0.844. The highest BCUT2D eigenvalue weighted by atomic mass is 16.5. The molecule has 0 N–H and O–H groups in total. The molecule has 2 amide bonds. The van der Waals surface area contributed by atoms with E-state index in [0.717, 1.165) is 69.4 Å². The van der Waals surface area contributed by atoms with Crippen LogP contribution in [0.5, 0.6) is 0 Å². The van der Waals surface area contributed by atoms with Gasteiger partial charge in [-0.1, -0.05) is 12.1 Å². The summed E-state index contributed by atoms with van der Waals surface area (Å²) in [6.45, 7) is 4.39. The molecule has 25 heavy (non-hydrogen) atoms. The van der Waals surface area contributed by atoms with Crippen LogP contribution in [-0.4, -0.2) is 52.4 Å². The molecule has 0 saturated carbocycles. The molecule has 0 unspecified atom stereocenters. The summed E-state index contributed by atoms with van der Waals surface area (Å²) >= 11 is 0. The molecule has 6 nitrogen and oxygen atoms in total. The average molecular weight is 345 g/mol. The van der Waals surface area contributed by atoms with Gasteiger partial charge in [0.05, 0.1) is 0 Å². The fourth-order valence-corrected chi connectivity index (χ4v) is 4.77. The highest BCUT2D eigenvalue weighted by molar-refractivity contribution is 5.94. The molecule has 2 saturated heterocycles. The van der Waals surface area contributed by atoms with E-state index in [9.17, 15) is 9.59 Å². The molecule has 3 aliphatic rings. The smallest absolute Gasteiger partial charge is 0.276 e. The van der Waals surface area contributed by atoms with E-state index in [4.69, 9.17) is 4.52 Å². The van der Waals surface area contributed by atoms with Gasteiger partial charge in [0.1, 0.15) is 5.76 Å². The van der Waals surface area contributed by atoms with Crippen LogP contribution in [0, 0.1) is 5.92 Å². The summed E-state index contributed by atoms with van der Waals surface area (Å²) in [5.41, 5.74) is 1.57. The summed E-state index contributed by atoms with van der Waals surface area (Å²) in [7, 11) is 0. The lowest BCUT2D eigenvalue weighted by atomic mass is 9.83. The van der Waals surface area contributed by atoms with Crippen LogP contribution in [0.1, 0.15) is 67.3 Å². The Balaban J connectivity index is 1.48. The van der Waals surface area contributed by atoms with E-state index >= 15 is 0 Å². The van der Waals surface area contributed by atoms with Crippen molar-refractivity contribution in [1.82, 2.24) is 15.0 Å². The Morgan fingerprint density at radius 1 is 1.24 bits per heavy atom. The molecule has 1 aliphatic carbocycles. The molecule has 6 heteroatoms. The summed E-state index contributed by atoms with van der Waals surface area (Å²) in [5, 5.41) is 4.10. The number of rotatable bonds is 3. The average Bonchev–Trinajstić information content (AvgIpc) is 3.07. The van der Waals surface area contributed by atoms with E-state index in [1.807, 2.05) is 4.90 Å². The first-order valence-electron chi connectivity index (χ1n) is 9.75. The zero-order valence-electron chi connectivity index (χ0n) is 15.0. The zero-order chi connectivity index (χ0) is 17.4. The van der Waals surface area contributed by atoms with Gasteiger partial charge >= 0.3 is 0 Å². The Labute approximate surface area is 148 Å². The minimum atomic E-state index is 0.0179. The molecular weight excluding hydrogens is 318 g/mol. The highest BCUT2D eigenvalue weighted by Gasteiger charge is 2.41. The number of carbonyl (C=O) groups excluding carboxylic acids is 2. The summed E-state index contributed by atoms with van der Waals surface area (Å²) in [5.74, 6) is 1.60. The van der Waals surface area contributed by atoms with Gasteiger partial charge in [-0.25, -0.2) is 0 Å². The van der Waals surface area contributed by atoms with E-state index < -0.39 is 0 Å². The second-order valence-electron chi connectivity index (χ2n) is 7.63. The molecule has 2 aliphatic heterocycles. The van der Waals surface area contributed by atoms with E-state index in [1.54, 1.807) is 0 Å². The Kier molecular flexibility index (Phi) is 4.52. The molecule has 0 radical (unpaired) electrons. The van der Waals surface area contributed by atoms with Gasteiger partial charge in [0.15, 0.2) is 5.69 Å². The van der Waals surface area contributed by atoms with E-state index in [2.05, 4.69) is 17.0 Å². The largest absolute Gasteiger partial charge is 0.360 e. The molecule has 2 fully saturated rings. The normalized spacial score (nSPS) is 26.4. The molecule has 4 rings (SSSR count). The Morgan fingerprint density at radius 3 is 2.92 bits per heavy atom. The molecule has 2 atom stereocenters. The first kappa shape index (κ1) is 16.6. The van der Waals surface area contributed by atoms with Crippen molar-refractivity contribution in [2.45, 2.75) is 64.3 Å². The van der Waals surface area contributed by atoms with Crippen molar-refractivity contribution < 1.29 is 14.1 Å². The van der Waals surface area contributed by atoms with E-state index in [-0.39, 0.29) is 11.8 Å². The van der Waals surface area contributed by atoms with Crippen LogP contribution in [0.2, 0.25) is 0 Å². The lowest BCUT2D eigenvalue weighted by Crippen LogP contribution is -2.57. The van der Waals surface area contributed by atoms with Crippen LogP contribution in [0.4, 0.5) is 0 Å². The van der Waals surface area contributed by atoms with Gasteiger partial charge in [-0.3, -0.25) is 9.59 Å². The third-order valence-electron chi connectivity index (χ3n) is 6.05. The number of nitrogens with zero attached hydrogens (tertiary/aromatic N) is 3. The predicted octanol–water partition coefficient (Wildman–Crippen LogP) is 2.42. The summed E-state index contributed by atoms with van der Waals surface area (Å²) in [4.78, 5) is 29.2. The van der Waals surface area contributed by atoms with Gasteiger partial charge in [0.2, 0.25) is 5.91 Å². The Bertz CT molecular complexity index is 669. The van der Waals surface area contributed by atoms with Crippen LogP contribution in [0.3, 0.4) is 0 Å². The lowest BCUT2D eigenvalue weighted by molar-refractivity contribution is -0.140. The topological polar surface area (TPSA) is 66.7 Å². The van der Waals surface area contributed by atoms with Crippen molar-refractivity contribution in [2.75, 3.05) is 19.6 Å². The molecule has 3 heterocycles. The van der Waals surface area contributed by atoms with Crippen LogP contribution >= 0.6 is 0 Å². The van der Waals surface area contributed by atoms with Gasteiger partial charge in [0.25, 0.3) is 5.91 Å². The predicted molar refractivity (Wildman–Crippen MR) is 92.2 cm³/mol. The number of hydrogen-bond donors (Lipinski definition) is 0. The molecule has 0 bridgehead atoms. The van der Waals surface area contributed by atoms with Crippen LogP contribution < -0.4 is 0 Å². The molecule has 1 aromatic rings. The monoisotopic (exact) mass is 345 g/mol. The number of aryl methyl sites for hydroxylation is 1. The molecular formula is C19H27N3O3. The van der Waals surface area contributed by atoms with Gasteiger partial charge in [0, 0.05) is 44.1 Å². The Morgan fingerprint density at radius 2 is 2.08 bits per heavy atom. The molecule has 0 spiro atoms. The minimum Gasteiger partial charge on any atom is -0.360 e. The van der Waals surface area contributed by atoms with Gasteiger partial charge in [-0.15, -0.1) is 0 Å². The van der Waals surface area contributed by atoms with Gasteiger partial charge < -0.3 is 14.3 Å². The lowest BCUT2D eigenvalue weighted by Gasteiger charge is -2.47. The number of likely N-dealkylation sites (tertiary alicyclic amines) is 2. The second-order valence-corrected chi connectivity index (χ2v) is 7.63. The maximum atomic E-state index is 13.0. The van der Waals surface area contributed by atoms with E-state index in [1.165, 1.54) is 0 Å². The van der Waals surface area contributed by atoms with Crippen molar-refractivity contribution in [2.24, 2.45) is 5.92 Å². The number of carbonyl (C=O) groups is 2. The van der Waals surface area contributed by atoms with Crippen molar-refractivity contribution in [3.63, 3.8) is 0 Å². The number of amides is 2. The molecule has 1 aromatic heterocycles. The van der Waals surface area contributed by atoms with Crippen molar-refractivity contribution in [3.8, 4) is 0 Å². The Hall–Kier alpha value is -1.85. The molecule has 0 aromatic carbocycles. The minimum absolute atomic E-state index is 0.0179. The maximum Gasteiger partial charge on any atom is 0.276 e. The summed E-state index contributed by atoms with van der Waals surface area (Å²) in [6, 6.07) is 0.302. The first-order chi connectivity index (χ1) is 12.2. The third kappa shape index (κ3) is 2.96. The number of aromatic nitrogens is 1. The van der Waals surface area contributed by atoms with Crippen molar-refractivity contribution in [1.29, 1.82) is 0 Å². The first-order valence-corrected chi connectivity index (χ1v) is 9.75. The fraction of sp³-hybridized carbons (Fsp3) is 0.737. The number of fused-ring (bicyclic) bond motifs is 2. The molecule has 136 valence electrons. The highest BCUT2D eigenvalue weighted by Crippen LogP contribution is 2.33. The number of piperidine rings is 2. The van der Waals surface area contributed by atoms with Crippen molar-refractivity contribution in [3.05, 3.63) is 17.0 Å². The maximum absolute atomic E-state index is 13.0. The summed E-state index contributed by atoms with van der Waals surface area (Å²) in [6.07, 6.45) is 7.39. The zero-order valence-corrected chi connectivity index (χ0v) is 15.0. The van der Waals surface area contributed by atoms with Gasteiger partial charge in [-0.05, 0) is 44.4 Å². The van der Waals surface area contributed by atoms with Crippen molar-refractivity contribution >= 4 is 11.8 Å². The summed E-state index contributed by atoms with van der Waals surface area (Å²) < 4.78 is 5.42. The van der Waals surface area contributed by atoms with Gasteiger partial charge in [-0.2, -0.15) is 0 Å². The van der Waals surface area contributed by atoms with E-state index in [0.29, 0.717) is 30.6 Å². The van der Waals surface area contributed by atoms with Crippen LogP contribution in [-0.2, 0) is 17.6 Å². The number of hydrogen-bond acceptors (Lipinski definition) is 4. The second kappa shape index (κ2) is 6.81.